The largest absolute Gasteiger partial charge is 0.460 e. The van der Waals surface area contributed by atoms with E-state index in [0.717, 1.165) is 12.0 Å². The summed E-state index contributed by atoms with van der Waals surface area (Å²) in [5.41, 5.74) is 1.16. The fraction of sp³-hybridized carbons (Fsp3) is 0.600. The molecule has 0 spiro atoms. The van der Waals surface area contributed by atoms with E-state index in [9.17, 15) is 5.02 Å². The van der Waals surface area contributed by atoms with Crippen molar-refractivity contribution in [3.05, 3.63) is 35.9 Å². The first kappa shape index (κ1) is 15.5. The van der Waals surface area contributed by atoms with E-state index in [1.807, 2.05) is 18.2 Å². The Morgan fingerprint density at radius 2 is 2.05 bits per heavy atom. The molecule has 0 bridgehead atoms. The van der Waals surface area contributed by atoms with Gasteiger partial charge in [-0.2, -0.15) is 0 Å². The zero-order valence-electron chi connectivity index (χ0n) is 12.4. The van der Waals surface area contributed by atoms with Crippen LogP contribution in [0.2, 0.25) is 5.82 Å². The van der Waals surface area contributed by atoms with Gasteiger partial charge in [-0.15, -0.1) is 0 Å². The van der Waals surface area contributed by atoms with Gasteiger partial charge in [-0.3, -0.25) is 0 Å². The molecule has 110 valence electrons. The van der Waals surface area contributed by atoms with Crippen LogP contribution >= 0.6 is 0 Å². The van der Waals surface area contributed by atoms with Crippen molar-refractivity contribution in [1.82, 2.24) is 0 Å². The lowest BCUT2D eigenvalue weighted by molar-refractivity contribution is 0.0389. The van der Waals surface area contributed by atoms with Crippen LogP contribution in [0.3, 0.4) is 0 Å². The second kappa shape index (κ2) is 7.22. The average molecular weight is 278 g/mol. The topological polar surface area (TPSA) is 47.9 Å². The highest BCUT2D eigenvalue weighted by atomic mass is 16.6. The molecule has 1 heterocycles. The Morgan fingerprint density at radius 1 is 1.35 bits per heavy atom. The van der Waals surface area contributed by atoms with Crippen LogP contribution in [0, 0.1) is 5.92 Å². The molecule has 0 aromatic heterocycles. The molecular weight excluding hydrogens is 255 g/mol. The molecule has 1 aromatic carbocycles. The lowest BCUT2D eigenvalue weighted by Crippen LogP contribution is -2.27. The molecule has 1 N–H and O–H groups in total. The first-order valence-corrected chi connectivity index (χ1v) is 7.07. The van der Waals surface area contributed by atoms with Gasteiger partial charge >= 0.3 is 7.12 Å². The van der Waals surface area contributed by atoms with Gasteiger partial charge in [0.15, 0.2) is 0 Å². The molecule has 4 nitrogen and oxygen atoms in total. The van der Waals surface area contributed by atoms with Gasteiger partial charge in [-0.25, -0.2) is 0 Å². The monoisotopic (exact) mass is 278 g/mol. The Balaban J connectivity index is 2.04. The van der Waals surface area contributed by atoms with Crippen molar-refractivity contribution < 1.29 is 19.2 Å². The first-order chi connectivity index (χ1) is 9.67. The zero-order valence-corrected chi connectivity index (χ0v) is 12.4. The minimum Gasteiger partial charge on any atom is -0.427 e. The molecule has 0 saturated carbocycles. The normalized spacial score (nSPS) is 25.7. The summed E-state index contributed by atoms with van der Waals surface area (Å²) in [6.45, 7) is 2.59. The van der Waals surface area contributed by atoms with E-state index in [2.05, 4.69) is 19.1 Å². The molecule has 5 heteroatoms. The van der Waals surface area contributed by atoms with Gasteiger partial charge in [0, 0.05) is 20.0 Å². The van der Waals surface area contributed by atoms with Crippen LogP contribution in [-0.4, -0.2) is 39.1 Å². The van der Waals surface area contributed by atoms with Crippen LogP contribution in [0.5, 0.6) is 0 Å². The molecular formula is C15H23BO4. The molecule has 4 atom stereocenters. The van der Waals surface area contributed by atoms with Crippen LogP contribution in [0.4, 0.5) is 0 Å². The first-order valence-electron chi connectivity index (χ1n) is 7.07. The predicted molar refractivity (Wildman–Crippen MR) is 78.4 cm³/mol. The Morgan fingerprint density at radius 3 is 2.65 bits per heavy atom. The van der Waals surface area contributed by atoms with Crippen molar-refractivity contribution in [2.24, 2.45) is 5.92 Å². The van der Waals surface area contributed by atoms with Crippen LogP contribution in [0.15, 0.2) is 30.3 Å². The predicted octanol–water partition coefficient (Wildman–Crippen LogP) is 2.30. The minimum atomic E-state index is -0.740. The minimum absolute atomic E-state index is 0.00337. The van der Waals surface area contributed by atoms with Gasteiger partial charge in [0.1, 0.15) is 0 Å². The van der Waals surface area contributed by atoms with Crippen molar-refractivity contribution in [2.45, 2.75) is 31.4 Å². The lowest BCUT2D eigenvalue weighted by Gasteiger charge is -2.27. The number of hydrogen-bond donors (Lipinski definition) is 1. The molecule has 1 saturated heterocycles. The Bertz CT molecular complexity index is 400. The number of methoxy groups -OCH3 is 2. The molecule has 0 amide bonds. The molecule has 1 aliphatic heterocycles. The maximum Gasteiger partial charge on any atom is 0.460 e. The summed E-state index contributed by atoms with van der Waals surface area (Å²) in [4.78, 5) is 0. The van der Waals surface area contributed by atoms with Gasteiger partial charge in [-0.1, -0.05) is 37.3 Å². The number of hydrogen-bond acceptors (Lipinski definition) is 4. The Hall–Kier alpha value is -0.875. The average Bonchev–Trinajstić information content (AvgIpc) is 2.81. The molecule has 2 rings (SSSR count). The molecule has 0 aliphatic carbocycles. The van der Waals surface area contributed by atoms with Crippen molar-refractivity contribution in [3.63, 3.8) is 0 Å². The number of benzene rings is 1. The molecule has 0 radical (unpaired) electrons. The zero-order chi connectivity index (χ0) is 14.5. The molecule has 0 unspecified atom stereocenters. The third-order valence-electron chi connectivity index (χ3n) is 4.12. The Labute approximate surface area is 121 Å². The summed E-state index contributed by atoms with van der Waals surface area (Å²) < 4.78 is 16.3. The highest BCUT2D eigenvalue weighted by Crippen LogP contribution is 2.37. The van der Waals surface area contributed by atoms with Crippen molar-refractivity contribution >= 4 is 7.12 Å². The summed E-state index contributed by atoms with van der Waals surface area (Å²) in [5, 5.41) is 9.92. The van der Waals surface area contributed by atoms with E-state index in [4.69, 9.17) is 14.1 Å². The van der Waals surface area contributed by atoms with Crippen molar-refractivity contribution in [1.29, 1.82) is 0 Å². The van der Waals surface area contributed by atoms with E-state index >= 15 is 0 Å². The highest BCUT2D eigenvalue weighted by Gasteiger charge is 2.42. The number of rotatable bonds is 6. The fourth-order valence-electron chi connectivity index (χ4n) is 3.03. The van der Waals surface area contributed by atoms with Crippen LogP contribution in [0.25, 0.3) is 0 Å². The van der Waals surface area contributed by atoms with Gasteiger partial charge < -0.3 is 19.2 Å². The van der Waals surface area contributed by atoms with E-state index in [1.54, 1.807) is 14.2 Å². The lowest BCUT2D eigenvalue weighted by atomic mass is 9.67. The van der Waals surface area contributed by atoms with Crippen LogP contribution in [-0.2, 0) is 14.1 Å². The molecule has 1 fully saturated rings. The summed E-state index contributed by atoms with van der Waals surface area (Å²) in [7, 11) is 2.65. The summed E-state index contributed by atoms with van der Waals surface area (Å²) in [6, 6.07) is 10.2. The fourth-order valence-corrected chi connectivity index (χ4v) is 3.03. The Kier molecular flexibility index (Phi) is 5.60. The van der Waals surface area contributed by atoms with Gasteiger partial charge in [0.2, 0.25) is 0 Å². The van der Waals surface area contributed by atoms with E-state index in [1.165, 1.54) is 0 Å². The third-order valence-corrected chi connectivity index (χ3v) is 4.12. The van der Waals surface area contributed by atoms with Crippen molar-refractivity contribution in [2.75, 3.05) is 20.8 Å². The molecule has 1 aliphatic rings. The van der Waals surface area contributed by atoms with E-state index in [-0.39, 0.29) is 23.9 Å². The van der Waals surface area contributed by atoms with Gasteiger partial charge in [0.05, 0.1) is 18.8 Å². The second-order valence-electron chi connectivity index (χ2n) is 5.44. The second-order valence-corrected chi connectivity index (χ2v) is 5.44. The van der Waals surface area contributed by atoms with Crippen LogP contribution in [0.1, 0.15) is 25.0 Å². The molecule has 20 heavy (non-hydrogen) atoms. The van der Waals surface area contributed by atoms with Gasteiger partial charge in [-0.05, 0) is 17.9 Å². The summed E-state index contributed by atoms with van der Waals surface area (Å²) in [5.74, 6) is 0.262. The maximum absolute atomic E-state index is 9.92. The van der Waals surface area contributed by atoms with E-state index in [0.29, 0.717) is 6.61 Å². The highest BCUT2D eigenvalue weighted by molar-refractivity contribution is 6.45. The quantitative estimate of drug-likeness (QED) is 0.811. The molecule has 1 aromatic rings. The smallest absolute Gasteiger partial charge is 0.427 e. The van der Waals surface area contributed by atoms with Crippen molar-refractivity contribution in [3.8, 4) is 0 Å². The third kappa shape index (κ3) is 3.41. The van der Waals surface area contributed by atoms with E-state index < -0.39 is 7.12 Å². The maximum atomic E-state index is 9.92. The standard InChI is InChI=1S/C15H23BO4/c1-11(9-13-14(18-2)10-20-16(13)17)15(19-3)12-7-5-4-6-8-12/h4-8,11,13-15,17H,9-10H2,1-3H3/t11-,13-,14+,15+/m0/s1. The van der Waals surface area contributed by atoms with Gasteiger partial charge in [0.25, 0.3) is 0 Å². The van der Waals surface area contributed by atoms with Crippen LogP contribution < -0.4 is 0 Å². The number of ether oxygens (including phenoxy) is 2. The SMILES string of the molecule is CO[C@@H]1COB(O)[C@H]1C[C@H](C)[C@@H](OC)c1ccccc1. The summed E-state index contributed by atoms with van der Waals surface area (Å²) in [6.07, 6.45) is 0.773. The summed E-state index contributed by atoms with van der Waals surface area (Å²) >= 11 is 0.